The number of nitrogens with zero attached hydrogens (tertiary/aromatic N) is 2. The second kappa shape index (κ2) is 8.80. The Morgan fingerprint density at radius 1 is 1.21 bits per heavy atom. The molecule has 7 nitrogen and oxygen atoms in total. The zero-order valence-corrected chi connectivity index (χ0v) is 19.9. The third-order valence-corrected chi connectivity index (χ3v) is 9.00. The zero-order valence-electron chi connectivity index (χ0n) is 19.1. The van der Waals surface area contributed by atoms with Gasteiger partial charge < -0.3 is 15.2 Å². The Balaban J connectivity index is 1.39. The molecule has 6 rings (SSSR count). The molecular weight excluding hydrogens is 438 g/mol. The number of carbonyl (C=O) groups is 2. The molecule has 5 atom stereocenters. The standard InChI is InChI=1S/C25H31N3O4S/c1-3-8-33-23-20(14-26-28(23)19-6-4-16(5-7-19)24(30)31)22(29)27-21-17-9-15-10-18(21)13-25(11-15,12-17)32-2/h4-7,14-15,17-18,21H,3,8-13H2,1-2H3,(H,27,29)(H,30,31)/t15?,17-,18+,21?,25?. The summed E-state index contributed by atoms with van der Waals surface area (Å²) in [6.45, 7) is 2.11. The van der Waals surface area contributed by atoms with Gasteiger partial charge in [-0.15, -0.1) is 11.8 Å². The lowest BCUT2D eigenvalue weighted by Crippen LogP contribution is -2.62. The van der Waals surface area contributed by atoms with Gasteiger partial charge in [-0.1, -0.05) is 6.92 Å². The lowest BCUT2D eigenvalue weighted by molar-refractivity contribution is -0.156. The van der Waals surface area contributed by atoms with Crippen molar-refractivity contribution in [1.29, 1.82) is 0 Å². The van der Waals surface area contributed by atoms with Crippen LogP contribution in [0.1, 0.15) is 66.2 Å². The number of methoxy groups -OCH3 is 1. The van der Waals surface area contributed by atoms with Crippen molar-refractivity contribution in [3.05, 3.63) is 41.6 Å². The van der Waals surface area contributed by atoms with Crippen molar-refractivity contribution < 1.29 is 19.4 Å². The number of carboxylic acids is 1. The molecule has 1 amide bonds. The van der Waals surface area contributed by atoms with E-state index in [9.17, 15) is 14.7 Å². The van der Waals surface area contributed by atoms with E-state index in [0.29, 0.717) is 17.4 Å². The summed E-state index contributed by atoms with van der Waals surface area (Å²) in [4.78, 5) is 24.7. The van der Waals surface area contributed by atoms with E-state index >= 15 is 0 Å². The molecule has 1 aromatic heterocycles. The fourth-order valence-electron chi connectivity index (χ4n) is 6.42. The second-order valence-electron chi connectivity index (χ2n) is 9.83. The molecule has 4 fully saturated rings. The van der Waals surface area contributed by atoms with Crippen molar-refractivity contribution in [3.8, 4) is 5.69 Å². The van der Waals surface area contributed by atoms with Gasteiger partial charge in [-0.2, -0.15) is 5.10 Å². The van der Waals surface area contributed by atoms with Gasteiger partial charge in [0.25, 0.3) is 5.91 Å². The number of hydrogen-bond acceptors (Lipinski definition) is 5. The molecule has 4 aliphatic rings. The van der Waals surface area contributed by atoms with Crippen LogP contribution in [-0.4, -0.2) is 51.3 Å². The molecule has 0 saturated heterocycles. The predicted molar refractivity (Wildman–Crippen MR) is 126 cm³/mol. The summed E-state index contributed by atoms with van der Waals surface area (Å²) in [6, 6.07) is 6.78. The van der Waals surface area contributed by atoms with Crippen molar-refractivity contribution in [2.45, 2.75) is 62.1 Å². The van der Waals surface area contributed by atoms with Crippen LogP contribution in [0.2, 0.25) is 0 Å². The lowest BCUT2D eigenvalue weighted by atomic mass is 9.52. The minimum atomic E-state index is -0.964. The van der Waals surface area contributed by atoms with Gasteiger partial charge in [0, 0.05) is 13.2 Å². The highest BCUT2D eigenvalue weighted by Gasteiger charge is 2.56. The molecule has 0 radical (unpaired) electrons. The normalized spacial score (nSPS) is 29.9. The number of benzene rings is 1. The third-order valence-electron chi connectivity index (χ3n) is 7.72. The average molecular weight is 470 g/mol. The van der Waals surface area contributed by atoms with E-state index in [1.54, 1.807) is 46.9 Å². The first-order chi connectivity index (χ1) is 15.9. The minimum Gasteiger partial charge on any atom is -0.478 e. The number of carbonyl (C=O) groups excluding carboxylic acids is 1. The van der Waals surface area contributed by atoms with Crippen LogP contribution in [-0.2, 0) is 4.74 Å². The predicted octanol–water partition coefficient (Wildman–Crippen LogP) is 4.40. The van der Waals surface area contributed by atoms with Crippen LogP contribution in [0, 0.1) is 17.8 Å². The van der Waals surface area contributed by atoms with Crippen LogP contribution in [0.4, 0.5) is 0 Å². The minimum absolute atomic E-state index is 0.0207. The first-order valence-corrected chi connectivity index (χ1v) is 12.8. The summed E-state index contributed by atoms with van der Waals surface area (Å²) in [7, 11) is 1.84. The fourth-order valence-corrected chi connectivity index (χ4v) is 7.40. The Hall–Kier alpha value is -2.32. The molecule has 4 saturated carbocycles. The van der Waals surface area contributed by atoms with Gasteiger partial charge in [0.1, 0.15) is 5.03 Å². The Kier molecular flexibility index (Phi) is 5.99. The van der Waals surface area contributed by atoms with E-state index in [1.807, 2.05) is 7.11 Å². The Labute approximate surface area is 198 Å². The molecule has 176 valence electrons. The van der Waals surface area contributed by atoms with Crippen LogP contribution >= 0.6 is 11.8 Å². The molecule has 8 heteroatoms. The largest absolute Gasteiger partial charge is 0.478 e. The van der Waals surface area contributed by atoms with Gasteiger partial charge in [0.15, 0.2) is 0 Å². The smallest absolute Gasteiger partial charge is 0.335 e. The van der Waals surface area contributed by atoms with E-state index in [2.05, 4.69) is 17.3 Å². The Morgan fingerprint density at radius 3 is 2.52 bits per heavy atom. The maximum absolute atomic E-state index is 13.5. The van der Waals surface area contributed by atoms with Crippen LogP contribution < -0.4 is 5.32 Å². The Morgan fingerprint density at radius 2 is 1.91 bits per heavy atom. The van der Waals surface area contributed by atoms with Crippen molar-refractivity contribution in [1.82, 2.24) is 15.1 Å². The number of nitrogens with one attached hydrogen (secondary N) is 1. The van der Waals surface area contributed by atoms with Crippen molar-refractivity contribution in [2.75, 3.05) is 12.9 Å². The summed E-state index contributed by atoms with van der Waals surface area (Å²) >= 11 is 1.61. The van der Waals surface area contributed by atoms with E-state index in [1.165, 1.54) is 19.3 Å². The van der Waals surface area contributed by atoms with E-state index < -0.39 is 5.97 Å². The lowest BCUT2D eigenvalue weighted by Gasteiger charge is -2.59. The van der Waals surface area contributed by atoms with Gasteiger partial charge >= 0.3 is 5.97 Å². The van der Waals surface area contributed by atoms with Gasteiger partial charge in [-0.3, -0.25) is 4.79 Å². The molecule has 33 heavy (non-hydrogen) atoms. The van der Waals surface area contributed by atoms with E-state index in [0.717, 1.165) is 41.6 Å². The summed E-state index contributed by atoms with van der Waals surface area (Å²) < 4.78 is 7.71. The first kappa shape index (κ1) is 22.5. The molecule has 4 bridgehead atoms. The number of aromatic carboxylic acids is 1. The molecule has 1 aromatic carbocycles. The van der Waals surface area contributed by atoms with Crippen molar-refractivity contribution >= 4 is 23.6 Å². The fraction of sp³-hybridized carbons (Fsp3) is 0.560. The SMILES string of the molecule is CCCSc1c(C(=O)NC2[C@@H]3CC4C[C@H]2CC(OC)(C4)C3)cnn1-c1ccc(C(=O)O)cc1. The molecule has 1 heterocycles. The number of thioether (sulfide) groups is 1. The van der Waals surface area contributed by atoms with Crippen LogP contribution in [0.25, 0.3) is 5.69 Å². The molecule has 0 spiro atoms. The molecule has 2 N–H and O–H groups in total. The number of aromatic nitrogens is 2. The highest BCUT2D eigenvalue weighted by Crippen LogP contribution is 2.57. The summed E-state index contributed by atoms with van der Waals surface area (Å²) in [6.07, 6.45) is 8.22. The highest BCUT2D eigenvalue weighted by atomic mass is 32.2. The van der Waals surface area contributed by atoms with Gasteiger partial charge in [0.05, 0.1) is 28.6 Å². The maximum Gasteiger partial charge on any atom is 0.335 e. The monoisotopic (exact) mass is 469 g/mol. The van der Waals surface area contributed by atoms with Crippen LogP contribution in [0.3, 0.4) is 0 Å². The van der Waals surface area contributed by atoms with Crippen LogP contribution in [0.5, 0.6) is 0 Å². The zero-order chi connectivity index (χ0) is 23.2. The van der Waals surface area contributed by atoms with Gasteiger partial charge in [-0.25, -0.2) is 9.48 Å². The number of rotatable bonds is 8. The van der Waals surface area contributed by atoms with E-state index in [-0.39, 0.29) is 23.1 Å². The number of carboxylic acid groups (broad SMARTS) is 1. The van der Waals surface area contributed by atoms with Crippen LogP contribution in [0.15, 0.2) is 35.5 Å². The summed E-state index contributed by atoms with van der Waals surface area (Å²) in [5, 5.41) is 17.9. The second-order valence-corrected chi connectivity index (χ2v) is 10.9. The summed E-state index contributed by atoms with van der Waals surface area (Å²) in [5.74, 6) is 1.52. The van der Waals surface area contributed by atoms with E-state index in [4.69, 9.17) is 4.74 Å². The van der Waals surface area contributed by atoms with Crippen molar-refractivity contribution in [3.63, 3.8) is 0 Å². The van der Waals surface area contributed by atoms with Gasteiger partial charge in [-0.05, 0) is 86.3 Å². The number of hydrogen-bond donors (Lipinski definition) is 2. The highest BCUT2D eigenvalue weighted by molar-refractivity contribution is 7.99. The molecule has 4 aliphatic carbocycles. The average Bonchev–Trinajstić information content (AvgIpc) is 3.23. The quantitative estimate of drug-likeness (QED) is 0.557. The third kappa shape index (κ3) is 4.08. The summed E-state index contributed by atoms with van der Waals surface area (Å²) in [5.41, 5.74) is 1.58. The van der Waals surface area contributed by atoms with Crippen molar-refractivity contribution in [2.24, 2.45) is 17.8 Å². The first-order valence-electron chi connectivity index (χ1n) is 11.8. The number of amides is 1. The molecule has 2 aromatic rings. The molecule has 0 aliphatic heterocycles. The topological polar surface area (TPSA) is 93.5 Å². The maximum atomic E-state index is 13.5. The Bertz CT molecular complexity index is 1030. The molecular formula is C25H31N3O4S. The molecule has 3 unspecified atom stereocenters. The van der Waals surface area contributed by atoms with Gasteiger partial charge in [0.2, 0.25) is 0 Å². The number of ether oxygens (including phenoxy) is 1.